The van der Waals surface area contributed by atoms with Gasteiger partial charge in [0.1, 0.15) is 6.61 Å². The van der Waals surface area contributed by atoms with Gasteiger partial charge in [0.15, 0.2) is 6.04 Å². The van der Waals surface area contributed by atoms with Crippen molar-refractivity contribution in [1.82, 2.24) is 5.32 Å². The molecule has 9 heavy (non-hydrogen) atoms. The first-order valence-electron chi connectivity index (χ1n) is 2.36. The molecule has 0 aromatic rings. The molecule has 0 aromatic carbocycles. The van der Waals surface area contributed by atoms with E-state index < -0.39 is 12.0 Å². The third kappa shape index (κ3) is 1.29. The summed E-state index contributed by atoms with van der Waals surface area (Å²) < 4.78 is 4.67. The fraction of sp³-hybridized carbons (Fsp3) is 0.500. The van der Waals surface area contributed by atoms with Crippen LogP contribution in [0.4, 0.5) is 0 Å². The Morgan fingerprint density at radius 2 is 2.67 bits per heavy atom. The first-order chi connectivity index (χ1) is 4.20. The number of nitrogens with one attached hydrogen (secondary N) is 1. The molecule has 0 spiro atoms. The van der Waals surface area contributed by atoms with E-state index in [1.54, 1.807) is 0 Å². The van der Waals surface area contributed by atoms with Gasteiger partial charge >= 0.3 is 5.97 Å². The first-order valence-corrected chi connectivity index (χ1v) is 2.77. The summed E-state index contributed by atoms with van der Waals surface area (Å²) in [6.45, 7) is 0.133. The zero-order valence-electron chi connectivity index (χ0n) is 4.46. The molecule has 0 aromatic heterocycles. The molecule has 0 unspecified atom stereocenters. The van der Waals surface area contributed by atoms with E-state index >= 15 is 0 Å². The first kappa shape index (κ1) is 6.28. The Morgan fingerprint density at radius 3 is 2.89 bits per heavy atom. The van der Waals surface area contributed by atoms with E-state index in [2.05, 4.69) is 22.3 Å². The summed E-state index contributed by atoms with van der Waals surface area (Å²) in [5.74, 6) is -0.935. The van der Waals surface area contributed by atoms with E-state index in [4.69, 9.17) is 5.11 Å². The van der Waals surface area contributed by atoms with Gasteiger partial charge in [0.25, 0.3) is 5.17 Å². The maximum Gasteiger partial charge on any atom is 0.329 e. The summed E-state index contributed by atoms with van der Waals surface area (Å²) in [5.41, 5.74) is 0. The highest BCUT2D eigenvalue weighted by molar-refractivity contribution is 7.80. The fourth-order valence-corrected chi connectivity index (χ4v) is 0.728. The molecule has 1 rings (SSSR count). The predicted octanol–water partition coefficient (Wildman–Crippen LogP) is -0.656. The number of carbonyl (C=O) groups is 1. The summed E-state index contributed by atoms with van der Waals surface area (Å²) in [4.78, 5) is 10.1. The van der Waals surface area contributed by atoms with Crippen LogP contribution in [0.25, 0.3) is 0 Å². The average molecular weight is 147 g/mol. The summed E-state index contributed by atoms with van der Waals surface area (Å²) in [7, 11) is 0. The van der Waals surface area contributed by atoms with E-state index in [0.29, 0.717) is 0 Å². The molecule has 0 amide bonds. The monoisotopic (exact) mass is 147 g/mol. The number of hydrogen-bond acceptors (Lipinski definition) is 3. The topological polar surface area (TPSA) is 58.6 Å². The molecule has 1 heterocycles. The molecule has 1 atom stereocenters. The van der Waals surface area contributed by atoms with Gasteiger partial charge in [0.05, 0.1) is 0 Å². The lowest BCUT2D eigenvalue weighted by molar-refractivity contribution is -0.139. The molecule has 0 bridgehead atoms. The number of hydrogen-bond donors (Lipinski definition) is 2. The van der Waals surface area contributed by atoms with Gasteiger partial charge in [0, 0.05) is 0 Å². The van der Waals surface area contributed by atoms with Crippen LogP contribution < -0.4 is 5.32 Å². The van der Waals surface area contributed by atoms with Crippen LogP contribution in [0.2, 0.25) is 0 Å². The lowest BCUT2D eigenvalue weighted by Gasteiger charge is -1.96. The van der Waals surface area contributed by atoms with Gasteiger partial charge in [-0.25, -0.2) is 4.79 Å². The van der Waals surface area contributed by atoms with Gasteiger partial charge in [-0.3, -0.25) is 0 Å². The van der Waals surface area contributed by atoms with Crippen molar-refractivity contribution in [2.75, 3.05) is 6.61 Å². The van der Waals surface area contributed by atoms with Crippen molar-refractivity contribution in [3.63, 3.8) is 0 Å². The van der Waals surface area contributed by atoms with E-state index in [1.807, 2.05) is 0 Å². The normalized spacial score (nSPS) is 24.9. The quantitative estimate of drug-likeness (QED) is 0.482. The second-order valence-corrected chi connectivity index (χ2v) is 2.00. The van der Waals surface area contributed by atoms with E-state index in [1.165, 1.54) is 0 Å². The number of carboxylic acids is 1. The van der Waals surface area contributed by atoms with Crippen LogP contribution in [0.3, 0.4) is 0 Å². The van der Waals surface area contributed by atoms with Gasteiger partial charge < -0.3 is 15.2 Å². The number of aliphatic carboxylic acids is 1. The highest BCUT2D eigenvalue weighted by Gasteiger charge is 2.25. The Morgan fingerprint density at radius 1 is 2.00 bits per heavy atom. The molecular weight excluding hydrogens is 142 g/mol. The van der Waals surface area contributed by atoms with Crippen LogP contribution in [-0.2, 0) is 9.53 Å². The standard InChI is InChI=1S/C4H5NO3S/c6-3(7)2-1-8-4(9)5-2/h2H,1H2,(H,5,9)(H,6,7)/t2-/m0/s1. The van der Waals surface area contributed by atoms with Crippen molar-refractivity contribution >= 4 is 23.4 Å². The second kappa shape index (κ2) is 2.18. The predicted molar refractivity (Wildman–Crippen MR) is 33.1 cm³/mol. The Bertz CT molecular complexity index is 158. The fourth-order valence-electron chi connectivity index (χ4n) is 0.518. The number of carboxylic acid groups (broad SMARTS) is 1. The maximum atomic E-state index is 10.1. The second-order valence-electron chi connectivity index (χ2n) is 1.63. The molecule has 0 radical (unpaired) electrons. The zero-order chi connectivity index (χ0) is 6.85. The van der Waals surface area contributed by atoms with Crippen molar-refractivity contribution in [1.29, 1.82) is 0 Å². The molecule has 1 saturated heterocycles. The zero-order valence-corrected chi connectivity index (χ0v) is 5.27. The molecule has 4 nitrogen and oxygen atoms in total. The Hall–Kier alpha value is -0.840. The number of rotatable bonds is 1. The van der Waals surface area contributed by atoms with Gasteiger partial charge in [0.2, 0.25) is 0 Å². The third-order valence-corrected chi connectivity index (χ3v) is 1.21. The summed E-state index contributed by atoms with van der Waals surface area (Å²) in [5, 5.41) is 11.0. The molecule has 50 valence electrons. The van der Waals surface area contributed by atoms with Crippen molar-refractivity contribution < 1.29 is 14.6 Å². The minimum atomic E-state index is -0.935. The van der Waals surface area contributed by atoms with Crippen molar-refractivity contribution in [2.45, 2.75) is 6.04 Å². The third-order valence-electron chi connectivity index (χ3n) is 0.971. The molecule has 1 aliphatic rings. The minimum absolute atomic E-state index is 0.133. The number of ether oxygens (including phenoxy) is 1. The average Bonchev–Trinajstić information content (AvgIpc) is 2.14. The highest BCUT2D eigenvalue weighted by atomic mass is 32.1. The van der Waals surface area contributed by atoms with Crippen molar-refractivity contribution in [3.8, 4) is 0 Å². The lowest BCUT2D eigenvalue weighted by Crippen LogP contribution is -2.33. The van der Waals surface area contributed by atoms with Crippen LogP contribution in [0.5, 0.6) is 0 Å². The van der Waals surface area contributed by atoms with E-state index in [9.17, 15) is 4.79 Å². The molecule has 1 aliphatic heterocycles. The van der Waals surface area contributed by atoms with Gasteiger partial charge in [-0.05, 0) is 12.2 Å². The molecule has 2 N–H and O–H groups in total. The van der Waals surface area contributed by atoms with Crippen LogP contribution in [0.1, 0.15) is 0 Å². The Labute approximate surface area is 56.8 Å². The van der Waals surface area contributed by atoms with Crippen LogP contribution in [0.15, 0.2) is 0 Å². The van der Waals surface area contributed by atoms with Crippen LogP contribution >= 0.6 is 12.2 Å². The van der Waals surface area contributed by atoms with E-state index in [0.717, 1.165) is 0 Å². The Kier molecular flexibility index (Phi) is 1.52. The summed E-state index contributed by atoms with van der Waals surface area (Å²) in [6, 6.07) is -0.655. The molecule has 0 saturated carbocycles. The SMILES string of the molecule is O=C(O)[C@@H]1COC(=S)N1. The van der Waals surface area contributed by atoms with Gasteiger partial charge in [-0.1, -0.05) is 0 Å². The molecule has 5 heteroatoms. The van der Waals surface area contributed by atoms with Gasteiger partial charge in [-0.2, -0.15) is 0 Å². The van der Waals surface area contributed by atoms with Gasteiger partial charge in [-0.15, -0.1) is 0 Å². The molecule has 0 aliphatic carbocycles. The van der Waals surface area contributed by atoms with Crippen LogP contribution in [-0.4, -0.2) is 28.9 Å². The minimum Gasteiger partial charge on any atom is -0.480 e. The smallest absolute Gasteiger partial charge is 0.329 e. The number of thiocarbonyl (C=S) groups is 1. The van der Waals surface area contributed by atoms with Crippen LogP contribution in [0, 0.1) is 0 Å². The van der Waals surface area contributed by atoms with Crippen molar-refractivity contribution in [2.24, 2.45) is 0 Å². The van der Waals surface area contributed by atoms with Crippen molar-refractivity contribution in [3.05, 3.63) is 0 Å². The maximum absolute atomic E-state index is 10.1. The lowest BCUT2D eigenvalue weighted by atomic mass is 10.3. The Balaban J connectivity index is 2.48. The summed E-state index contributed by atoms with van der Waals surface area (Å²) in [6.07, 6.45) is 0. The highest BCUT2D eigenvalue weighted by Crippen LogP contribution is 1.96. The van der Waals surface area contributed by atoms with E-state index in [-0.39, 0.29) is 11.8 Å². The molecule has 1 fully saturated rings. The summed E-state index contributed by atoms with van der Waals surface area (Å²) >= 11 is 4.52. The molecular formula is C4H5NO3S. The largest absolute Gasteiger partial charge is 0.480 e.